The molecule has 1 heterocycles. The van der Waals surface area contributed by atoms with Crippen molar-refractivity contribution in [2.75, 3.05) is 6.54 Å². The van der Waals surface area contributed by atoms with E-state index < -0.39 is 12.1 Å². The van der Waals surface area contributed by atoms with Crippen molar-refractivity contribution in [3.8, 4) is 0 Å². The predicted molar refractivity (Wildman–Crippen MR) is 52.6 cm³/mol. The number of ketones is 1. The minimum absolute atomic E-state index is 0.0281. The van der Waals surface area contributed by atoms with E-state index in [-0.39, 0.29) is 24.5 Å². The number of carbonyl (C=O) groups is 2. The molecule has 0 saturated carbocycles. The maximum Gasteiger partial charge on any atom is 0.312 e. The van der Waals surface area contributed by atoms with Crippen LogP contribution in [0.3, 0.4) is 0 Å². The molecule has 0 aliphatic carbocycles. The highest BCUT2D eigenvalue weighted by molar-refractivity contribution is 6.01. The fraction of sp³-hybridized carbons (Fsp3) is 0.600. The van der Waals surface area contributed by atoms with E-state index in [9.17, 15) is 9.59 Å². The van der Waals surface area contributed by atoms with Crippen LogP contribution in [-0.4, -0.2) is 24.4 Å². The Morgan fingerprint density at radius 3 is 2.73 bits per heavy atom. The second-order valence-electron chi connectivity index (χ2n) is 3.28. The minimum Gasteiger partial charge on any atom is -0.483 e. The molecule has 2 N–H and O–H groups in total. The van der Waals surface area contributed by atoms with Gasteiger partial charge in [-0.2, -0.15) is 0 Å². The zero-order valence-corrected chi connectivity index (χ0v) is 8.91. The first-order valence-corrected chi connectivity index (χ1v) is 4.92. The molecule has 0 spiro atoms. The summed E-state index contributed by atoms with van der Waals surface area (Å²) in [6.45, 7) is 3.65. The van der Waals surface area contributed by atoms with Crippen molar-refractivity contribution < 1.29 is 19.1 Å². The van der Waals surface area contributed by atoms with Gasteiger partial charge in [0, 0.05) is 6.54 Å². The number of hydrogen-bond donors (Lipinski definition) is 1. The van der Waals surface area contributed by atoms with Gasteiger partial charge in [0.2, 0.25) is 11.5 Å². The Labute approximate surface area is 88.2 Å². The molecular formula is C10H15NO4. The van der Waals surface area contributed by atoms with Crippen molar-refractivity contribution in [1.82, 2.24) is 0 Å². The maximum absolute atomic E-state index is 11.6. The Balaban J connectivity index is 2.65. The highest BCUT2D eigenvalue weighted by Crippen LogP contribution is 2.24. The third-order valence-corrected chi connectivity index (χ3v) is 2.09. The third-order valence-electron chi connectivity index (χ3n) is 2.09. The Morgan fingerprint density at radius 2 is 2.27 bits per heavy atom. The highest BCUT2D eigenvalue weighted by Gasteiger charge is 2.34. The molecule has 15 heavy (non-hydrogen) atoms. The van der Waals surface area contributed by atoms with Gasteiger partial charge in [-0.3, -0.25) is 9.59 Å². The van der Waals surface area contributed by atoms with E-state index in [2.05, 4.69) is 0 Å². The fourth-order valence-electron chi connectivity index (χ4n) is 1.31. The molecule has 1 aliphatic rings. The number of hydrogen-bond acceptors (Lipinski definition) is 5. The van der Waals surface area contributed by atoms with Gasteiger partial charge < -0.3 is 15.2 Å². The van der Waals surface area contributed by atoms with Crippen molar-refractivity contribution in [2.45, 2.75) is 32.8 Å². The van der Waals surface area contributed by atoms with E-state index in [0.29, 0.717) is 12.2 Å². The SMILES string of the molecule is CCC1OC(C)=C(OC(=O)CCN)C1=O. The maximum atomic E-state index is 11.6. The van der Waals surface area contributed by atoms with E-state index >= 15 is 0 Å². The molecule has 84 valence electrons. The first-order valence-electron chi connectivity index (χ1n) is 4.92. The number of ether oxygens (including phenoxy) is 2. The average molecular weight is 213 g/mol. The van der Waals surface area contributed by atoms with Crippen LogP contribution < -0.4 is 5.73 Å². The molecule has 0 bridgehead atoms. The largest absolute Gasteiger partial charge is 0.483 e. The average Bonchev–Trinajstić information content (AvgIpc) is 2.45. The molecular weight excluding hydrogens is 198 g/mol. The van der Waals surface area contributed by atoms with Crippen LogP contribution in [0.1, 0.15) is 26.7 Å². The molecule has 1 aliphatic heterocycles. The summed E-state index contributed by atoms with van der Waals surface area (Å²) in [7, 11) is 0. The van der Waals surface area contributed by atoms with E-state index in [1.54, 1.807) is 6.92 Å². The summed E-state index contributed by atoms with van der Waals surface area (Å²) in [6, 6.07) is 0. The van der Waals surface area contributed by atoms with Gasteiger partial charge in [-0.25, -0.2) is 0 Å². The van der Waals surface area contributed by atoms with Crippen LogP contribution in [0.4, 0.5) is 0 Å². The van der Waals surface area contributed by atoms with Gasteiger partial charge in [0.05, 0.1) is 6.42 Å². The van der Waals surface area contributed by atoms with Crippen LogP contribution in [0.15, 0.2) is 11.5 Å². The van der Waals surface area contributed by atoms with Crippen molar-refractivity contribution in [1.29, 1.82) is 0 Å². The molecule has 0 fully saturated rings. The zero-order valence-electron chi connectivity index (χ0n) is 8.91. The summed E-state index contributed by atoms with van der Waals surface area (Å²) in [5.74, 6) is -0.363. The summed E-state index contributed by atoms with van der Waals surface area (Å²) >= 11 is 0. The van der Waals surface area contributed by atoms with Crippen molar-refractivity contribution in [3.63, 3.8) is 0 Å². The molecule has 1 rings (SSSR count). The Hall–Kier alpha value is -1.36. The number of allylic oxidation sites excluding steroid dienone is 1. The lowest BCUT2D eigenvalue weighted by Crippen LogP contribution is -2.20. The fourth-order valence-corrected chi connectivity index (χ4v) is 1.31. The molecule has 0 aromatic rings. The van der Waals surface area contributed by atoms with Gasteiger partial charge in [0.15, 0.2) is 6.10 Å². The third kappa shape index (κ3) is 2.56. The monoisotopic (exact) mass is 213 g/mol. The zero-order chi connectivity index (χ0) is 11.4. The summed E-state index contributed by atoms with van der Waals surface area (Å²) in [6.07, 6.45) is 0.153. The quantitative estimate of drug-likeness (QED) is 0.687. The van der Waals surface area contributed by atoms with Crippen LogP contribution in [0, 0.1) is 0 Å². The molecule has 0 aromatic carbocycles. The van der Waals surface area contributed by atoms with Gasteiger partial charge in [-0.05, 0) is 13.3 Å². The predicted octanol–water partition coefficient (Wildman–Crippen LogP) is 0.488. The lowest BCUT2D eigenvalue weighted by atomic mass is 10.2. The topological polar surface area (TPSA) is 78.6 Å². The van der Waals surface area contributed by atoms with Crippen molar-refractivity contribution in [3.05, 3.63) is 11.5 Å². The molecule has 0 saturated heterocycles. The van der Waals surface area contributed by atoms with Crippen LogP contribution >= 0.6 is 0 Å². The first-order chi connectivity index (χ1) is 7.10. The summed E-state index contributed by atoms with van der Waals surface area (Å²) in [5, 5.41) is 0. The van der Waals surface area contributed by atoms with Gasteiger partial charge in [0.25, 0.3) is 0 Å². The number of carbonyl (C=O) groups excluding carboxylic acids is 2. The lowest BCUT2D eigenvalue weighted by Gasteiger charge is -2.04. The standard InChI is InChI=1S/C10H15NO4/c1-3-7-9(13)10(6(2)14-7)15-8(12)4-5-11/h7H,3-5,11H2,1-2H3. The molecule has 5 nitrogen and oxygen atoms in total. The van der Waals surface area contributed by atoms with E-state index in [1.807, 2.05) is 6.92 Å². The Bertz CT molecular complexity index is 309. The number of Topliss-reactive ketones (excluding diaryl/α,β-unsaturated/α-hetero) is 1. The molecule has 0 radical (unpaired) electrons. The van der Waals surface area contributed by atoms with Gasteiger partial charge in [-0.1, -0.05) is 6.92 Å². The van der Waals surface area contributed by atoms with Gasteiger partial charge >= 0.3 is 5.97 Å². The summed E-state index contributed by atoms with van der Waals surface area (Å²) < 4.78 is 10.1. The Kier molecular flexibility index (Phi) is 3.85. The van der Waals surface area contributed by atoms with E-state index in [1.165, 1.54) is 0 Å². The van der Waals surface area contributed by atoms with Crippen molar-refractivity contribution >= 4 is 11.8 Å². The lowest BCUT2D eigenvalue weighted by molar-refractivity contribution is -0.142. The highest BCUT2D eigenvalue weighted by atomic mass is 16.6. The second kappa shape index (κ2) is 4.93. The Morgan fingerprint density at radius 1 is 1.60 bits per heavy atom. The van der Waals surface area contributed by atoms with Crippen molar-refractivity contribution in [2.24, 2.45) is 5.73 Å². The van der Waals surface area contributed by atoms with Crippen LogP contribution in [0.25, 0.3) is 0 Å². The van der Waals surface area contributed by atoms with Crippen LogP contribution in [0.5, 0.6) is 0 Å². The number of esters is 1. The van der Waals surface area contributed by atoms with E-state index in [0.717, 1.165) is 0 Å². The summed E-state index contributed by atoms with van der Waals surface area (Å²) in [4.78, 5) is 22.7. The first kappa shape index (κ1) is 11.7. The van der Waals surface area contributed by atoms with Gasteiger partial charge in [-0.15, -0.1) is 0 Å². The minimum atomic E-state index is -0.509. The number of rotatable bonds is 4. The molecule has 0 amide bonds. The molecule has 1 atom stereocenters. The van der Waals surface area contributed by atoms with Gasteiger partial charge in [0.1, 0.15) is 5.76 Å². The van der Waals surface area contributed by atoms with Crippen LogP contribution in [-0.2, 0) is 19.1 Å². The number of nitrogens with two attached hydrogens (primary N) is 1. The van der Waals surface area contributed by atoms with Crippen LogP contribution in [0.2, 0.25) is 0 Å². The molecule has 1 unspecified atom stereocenters. The van der Waals surface area contributed by atoms with E-state index in [4.69, 9.17) is 15.2 Å². The normalized spacial score (nSPS) is 20.5. The smallest absolute Gasteiger partial charge is 0.312 e. The molecule has 0 aromatic heterocycles. The molecule has 5 heteroatoms. The summed E-state index contributed by atoms with van der Waals surface area (Å²) in [5.41, 5.74) is 5.19. The second-order valence-corrected chi connectivity index (χ2v) is 3.28.